The molecule has 1 aromatic rings. The molecular formula is C22H33ClN2O2. The molecule has 0 atom stereocenters. The minimum absolute atomic E-state index is 0.0916. The number of carbonyl (C=O) groups excluding carboxylic acids is 2. The van der Waals surface area contributed by atoms with E-state index in [9.17, 15) is 9.59 Å². The molecule has 0 aliphatic heterocycles. The van der Waals surface area contributed by atoms with E-state index < -0.39 is 0 Å². The Bertz CT molecular complexity index is 620. The van der Waals surface area contributed by atoms with E-state index >= 15 is 0 Å². The molecule has 1 saturated carbocycles. The maximum absolute atomic E-state index is 12.2. The first kappa shape index (κ1) is 21.7. The van der Waals surface area contributed by atoms with Crippen molar-refractivity contribution < 1.29 is 9.59 Å². The molecule has 0 bridgehead atoms. The highest BCUT2D eigenvalue weighted by molar-refractivity contribution is 6.30. The van der Waals surface area contributed by atoms with Crippen LogP contribution in [0.1, 0.15) is 76.1 Å². The van der Waals surface area contributed by atoms with Gasteiger partial charge in [-0.25, -0.2) is 0 Å². The van der Waals surface area contributed by atoms with Crippen LogP contribution in [0.2, 0.25) is 5.02 Å². The number of hydrogen-bond donors (Lipinski definition) is 2. The number of halogens is 1. The number of benzene rings is 1. The molecule has 1 fully saturated rings. The minimum atomic E-state index is -0.135. The molecule has 1 aromatic carbocycles. The highest BCUT2D eigenvalue weighted by Crippen LogP contribution is 2.40. The molecule has 0 unspecified atom stereocenters. The summed E-state index contributed by atoms with van der Waals surface area (Å²) < 4.78 is 0. The smallest absolute Gasteiger partial charge is 0.251 e. The molecule has 0 aromatic heterocycles. The van der Waals surface area contributed by atoms with Crippen molar-refractivity contribution >= 4 is 23.4 Å². The zero-order valence-corrected chi connectivity index (χ0v) is 17.6. The van der Waals surface area contributed by atoms with Gasteiger partial charge in [0, 0.05) is 29.6 Å². The summed E-state index contributed by atoms with van der Waals surface area (Å²) in [5, 5.41) is 6.62. The van der Waals surface area contributed by atoms with Crippen molar-refractivity contribution in [3.05, 3.63) is 34.9 Å². The lowest BCUT2D eigenvalue weighted by atomic mass is 9.69. The van der Waals surface area contributed by atoms with Crippen LogP contribution < -0.4 is 10.6 Å². The molecule has 2 amide bonds. The van der Waals surface area contributed by atoms with E-state index in [2.05, 4.69) is 31.4 Å². The number of nitrogens with one attached hydrogen (secondary N) is 2. The van der Waals surface area contributed by atoms with E-state index in [-0.39, 0.29) is 11.8 Å². The van der Waals surface area contributed by atoms with Gasteiger partial charge >= 0.3 is 0 Å². The lowest BCUT2D eigenvalue weighted by Crippen LogP contribution is -2.40. The zero-order valence-electron chi connectivity index (χ0n) is 16.8. The normalized spacial score (nSPS) is 20.1. The minimum Gasteiger partial charge on any atom is -0.353 e. The molecule has 150 valence electrons. The summed E-state index contributed by atoms with van der Waals surface area (Å²) in [7, 11) is 0. The van der Waals surface area contributed by atoms with Crippen LogP contribution >= 0.6 is 11.6 Å². The maximum atomic E-state index is 12.2. The van der Waals surface area contributed by atoms with Gasteiger partial charge in [-0.3, -0.25) is 9.59 Å². The Hall–Kier alpha value is -1.55. The number of hydrogen-bond acceptors (Lipinski definition) is 2. The Morgan fingerprint density at radius 2 is 1.74 bits per heavy atom. The van der Waals surface area contributed by atoms with E-state index in [4.69, 9.17) is 11.6 Å². The summed E-state index contributed by atoms with van der Waals surface area (Å²) in [6.07, 6.45) is 6.84. The first-order valence-electron chi connectivity index (χ1n) is 10.1. The molecule has 0 spiro atoms. The van der Waals surface area contributed by atoms with E-state index in [1.54, 1.807) is 24.3 Å². The molecule has 4 nitrogen and oxygen atoms in total. The van der Waals surface area contributed by atoms with Crippen LogP contribution in [0.3, 0.4) is 0 Å². The van der Waals surface area contributed by atoms with Gasteiger partial charge in [-0.2, -0.15) is 0 Å². The third-order valence-corrected chi connectivity index (χ3v) is 6.33. The fraction of sp³-hybridized carbons (Fsp3) is 0.636. The molecule has 5 heteroatoms. The second-order valence-corrected chi connectivity index (χ2v) is 8.76. The lowest BCUT2D eigenvalue weighted by molar-refractivity contribution is -0.122. The van der Waals surface area contributed by atoms with E-state index in [0.717, 1.165) is 18.8 Å². The SMILES string of the molecule is CCC(C)(C)C1CCC(NC(=O)CCCNC(=O)c2ccc(Cl)cc2)CC1. The van der Waals surface area contributed by atoms with Crippen LogP contribution in [0.5, 0.6) is 0 Å². The molecule has 27 heavy (non-hydrogen) atoms. The fourth-order valence-corrected chi connectivity index (χ4v) is 3.89. The van der Waals surface area contributed by atoms with E-state index in [0.29, 0.717) is 41.4 Å². The second kappa shape index (κ2) is 10.1. The van der Waals surface area contributed by atoms with Gasteiger partial charge in [0.05, 0.1) is 0 Å². The first-order chi connectivity index (χ1) is 12.8. The summed E-state index contributed by atoms with van der Waals surface area (Å²) in [5.41, 5.74) is 0.979. The lowest BCUT2D eigenvalue weighted by Gasteiger charge is -2.39. The molecule has 0 saturated heterocycles. The van der Waals surface area contributed by atoms with Crippen molar-refractivity contribution in [2.24, 2.45) is 11.3 Å². The monoisotopic (exact) mass is 392 g/mol. The second-order valence-electron chi connectivity index (χ2n) is 8.32. The fourth-order valence-electron chi connectivity index (χ4n) is 3.76. The first-order valence-corrected chi connectivity index (χ1v) is 10.5. The van der Waals surface area contributed by atoms with Crippen LogP contribution in [0, 0.1) is 11.3 Å². The van der Waals surface area contributed by atoms with Gasteiger partial charge in [0.1, 0.15) is 0 Å². The van der Waals surface area contributed by atoms with Crippen LogP contribution in [0.25, 0.3) is 0 Å². The van der Waals surface area contributed by atoms with Gasteiger partial charge in [-0.15, -0.1) is 0 Å². The Morgan fingerprint density at radius 1 is 1.11 bits per heavy atom. The molecule has 1 aliphatic carbocycles. The van der Waals surface area contributed by atoms with Crippen LogP contribution in [-0.2, 0) is 4.79 Å². The summed E-state index contributed by atoms with van der Waals surface area (Å²) in [5.74, 6) is 0.719. The van der Waals surface area contributed by atoms with Gasteiger partial charge in [-0.05, 0) is 67.7 Å². The molecule has 0 radical (unpaired) electrons. The maximum Gasteiger partial charge on any atom is 0.251 e. The third kappa shape index (κ3) is 6.84. The molecule has 2 rings (SSSR count). The Morgan fingerprint density at radius 3 is 2.33 bits per heavy atom. The predicted octanol–water partition coefficient (Wildman–Crippen LogP) is 4.96. The summed E-state index contributed by atoms with van der Waals surface area (Å²) >= 11 is 5.82. The largest absolute Gasteiger partial charge is 0.353 e. The molecule has 2 N–H and O–H groups in total. The van der Waals surface area contributed by atoms with Crippen LogP contribution in [-0.4, -0.2) is 24.4 Å². The highest BCUT2D eigenvalue weighted by atomic mass is 35.5. The topological polar surface area (TPSA) is 58.2 Å². The average Bonchev–Trinajstić information content (AvgIpc) is 2.66. The number of rotatable bonds is 8. The van der Waals surface area contributed by atoms with Crippen molar-refractivity contribution in [2.75, 3.05) is 6.54 Å². The third-order valence-electron chi connectivity index (χ3n) is 6.08. The number of carbonyl (C=O) groups is 2. The van der Waals surface area contributed by atoms with Crippen molar-refractivity contribution in [1.29, 1.82) is 0 Å². The van der Waals surface area contributed by atoms with Gasteiger partial charge in [-0.1, -0.05) is 38.8 Å². The standard InChI is InChI=1S/C22H33ClN2O2/c1-4-22(2,3)17-9-13-19(14-10-17)25-20(26)6-5-15-24-21(27)16-7-11-18(23)12-8-16/h7-8,11-12,17,19H,4-6,9-10,13-15H2,1-3H3,(H,24,27)(H,25,26). The predicted molar refractivity (Wildman–Crippen MR) is 111 cm³/mol. The van der Waals surface area contributed by atoms with Gasteiger partial charge in [0.2, 0.25) is 5.91 Å². The number of amides is 2. The Kier molecular flexibility index (Phi) is 8.15. The van der Waals surface area contributed by atoms with Crippen LogP contribution in [0.15, 0.2) is 24.3 Å². The van der Waals surface area contributed by atoms with Crippen molar-refractivity contribution in [3.8, 4) is 0 Å². The van der Waals surface area contributed by atoms with Crippen molar-refractivity contribution in [3.63, 3.8) is 0 Å². The zero-order chi connectivity index (χ0) is 19.9. The molecule has 0 heterocycles. The van der Waals surface area contributed by atoms with E-state index in [1.807, 2.05) is 0 Å². The summed E-state index contributed by atoms with van der Waals surface area (Å²) in [6.45, 7) is 7.47. The van der Waals surface area contributed by atoms with Crippen molar-refractivity contribution in [2.45, 2.75) is 71.8 Å². The summed E-state index contributed by atoms with van der Waals surface area (Å²) in [6, 6.07) is 7.09. The molecular weight excluding hydrogens is 360 g/mol. The van der Waals surface area contributed by atoms with Crippen LogP contribution in [0.4, 0.5) is 0 Å². The Labute approximate surface area is 168 Å². The van der Waals surface area contributed by atoms with E-state index in [1.165, 1.54) is 19.3 Å². The highest BCUT2D eigenvalue weighted by Gasteiger charge is 2.32. The Balaban J connectivity index is 1.61. The quantitative estimate of drug-likeness (QED) is 0.614. The average molecular weight is 393 g/mol. The summed E-state index contributed by atoms with van der Waals surface area (Å²) in [4.78, 5) is 24.2. The molecule has 1 aliphatic rings. The van der Waals surface area contributed by atoms with Gasteiger partial charge in [0.15, 0.2) is 0 Å². The van der Waals surface area contributed by atoms with Gasteiger partial charge < -0.3 is 10.6 Å². The van der Waals surface area contributed by atoms with Crippen molar-refractivity contribution in [1.82, 2.24) is 10.6 Å². The van der Waals surface area contributed by atoms with Gasteiger partial charge in [0.25, 0.3) is 5.91 Å².